The van der Waals surface area contributed by atoms with Crippen LogP contribution in [0.2, 0.25) is 0 Å². The summed E-state index contributed by atoms with van der Waals surface area (Å²) in [4.78, 5) is 9.71. The third-order valence-electron chi connectivity index (χ3n) is 4.99. The predicted molar refractivity (Wildman–Crippen MR) is 127 cm³/mol. The van der Waals surface area contributed by atoms with Crippen LogP contribution in [0.4, 0.5) is 0 Å². The summed E-state index contributed by atoms with van der Waals surface area (Å²) in [5.74, 6) is 0.721. The lowest BCUT2D eigenvalue weighted by Gasteiger charge is -2.10. The maximum atomic E-state index is 4.88. The molecule has 4 aromatic rings. The van der Waals surface area contributed by atoms with Gasteiger partial charge >= 0.3 is 0 Å². The molecular weight excluding hydrogens is 364 g/mol. The SMILES string of the molecule is C=C/C(=C\CC)c1cc(-c2ccc(-c3ccccc3)cc2)nc(-c2ccccc2)n1. The van der Waals surface area contributed by atoms with Crippen LogP contribution in [0.25, 0.3) is 39.3 Å². The minimum Gasteiger partial charge on any atom is -0.228 e. The summed E-state index contributed by atoms with van der Waals surface area (Å²) < 4.78 is 0. The second-order valence-corrected chi connectivity index (χ2v) is 7.04. The predicted octanol–water partition coefficient (Wildman–Crippen LogP) is 7.46. The van der Waals surface area contributed by atoms with Crippen molar-refractivity contribution in [2.45, 2.75) is 13.3 Å². The lowest BCUT2D eigenvalue weighted by Crippen LogP contribution is -1.97. The Morgan fingerprint density at radius 3 is 1.90 bits per heavy atom. The van der Waals surface area contributed by atoms with Gasteiger partial charge in [0.2, 0.25) is 0 Å². The van der Waals surface area contributed by atoms with Gasteiger partial charge in [0.05, 0.1) is 11.4 Å². The Bertz CT molecular complexity index is 1160. The van der Waals surface area contributed by atoms with Gasteiger partial charge in [-0.05, 0) is 29.2 Å². The zero-order valence-corrected chi connectivity index (χ0v) is 17.1. The Morgan fingerprint density at radius 1 is 0.733 bits per heavy atom. The van der Waals surface area contributed by atoms with Crippen molar-refractivity contribution in [3.63, 3.8) is 0 Å². The Balaban J connectivity index is 1.80. The number of hydrogen-bond donors (Lipinski definition) is 0. The number of allylic oxidation sites excluding steroid dienone is 3. The summed E-state index contributed by atoms with van der Waals surface area (Å²) in [5.41, 5.74) is 7.29. The molecule has 4 rings (SSSR count). The molecule has 1 heterocycles. The average molecular weight is 389 g/mol. The minimum absolute atomic E-state index is 0.721. The molecule has 0 saturated carbocycles. The van der Waals surface area contributed by atoms with Gasteiger partial charge in [0.1, 0.15) is 0 Å². The van der Waals surface area contributed by atoms with E-state index in [0.717, 1.165) is 40.3 Å². The number of hydrogen-bond acceptors (Lipinski definition) is 2. The van der Waals surface area contributed by atoms with E-state index in [1.165, 1.54) is 11.1 Å². The van der Waals surface area contributed by atoms with E-state index >= 15 is 0 Å². The van der Waals surface area contributed by atoms with E-state index in [0.29, 0.717) is 0 Å². The molecule has 0 saturated heterocycles. The van der Waals surface area contributed by atoms with Crippen LogP contribution in [-0.2, 0) is 0 Å². The third-order valence-corrected chi connectivity index (χ3v) is 4.99. The summed E-state index contributed by atoms with van der Waals surface area (Å²) in [6.45, 7) is 6.09. The van der Waals surface area contributed by atoms with E-state index in [4.69, 9.17) is 9.97 Å². The highest BCUT2D eigenvalue weighted by atomic mass is 14.9. The first-order valence-electron chi connectivity index (χ1n) is 10.2. The summed E-state index contributed by atoms with van der Waals surface area (Å²) in [6.07, 6.45) is 4.93. The standard InChI is InChI=1S/C28H24N2/c1-3-11-21(4-2)26-20-27(30-28(29-26)25-14-9-6-10-15-25)24-18-16-23(17-19-24)22-12-7-5-8-13-22/h4-20H,2-3H2,1H3/b21-11+. The molecule has 0 aliphatic rings. The van der Waals surface area contributed by atoms with Crippen LogP contribution in [0.1, 0.15) is 19.0 Å². The highest BCUT2D eigenvalue weighted by Crippen LogP contribution is 2.28. The summed E-state index contributed by atoms with van der Waals surface area (Å²) in [6, 6.07) is 31.1. The average Bonchev–Trinajstić information content (AvgIpc) is 2.83. The molecule has 3 aromatic carbocycles. The van der Waals surface area contributed by atoms with E-state index in [9.17, 15) is 0 Å². The van der Waals surface area contributed by atoms with Crippen molar-refractivity contribution in [3.05, 3.63) is 115 Å². The first-order valence-corrected chi connectivity index (χ1v) is 10.2. The first-order chi connectivity index (χ1) is 14.8. The molecule has 0 atom stereocenters. The Morgan fingerprint density at radius 2 is 1.30 bits per heavy atom. The molecule has 0 bridgehead atoms. The van der Waals surface area contributed by atoms with Crippen LogP contribution in [-0.4, -0.2) is 9.97 Å². The first kappa shape index (κ1) is 19.5. The van der Waals surface area contributed by atoms with Crippen molar-refractivity contribution in [1.82, 2.24) is 9.97 Å². The van der Waals surface area contributed by atoms with Crippen molar-refractivity contribution in [2.24, 2.45) is 0 Å². The van der Waals surface area contributed by atoms with Crippen LogP contribution in [0.3, 0.4) is 0 Å². The molecule has 0 spiro atoms. The molecule has 0 fully saturated rings. The van der Waals surface area contributed by atoms with E-state index in [2.05, 4.69) is 68.1 Å². The van der Waals surface area contributed by atoms with E-state index in [-0.39, 0.29) is 0 Å². The van der Waals surface area contributed by atoms with Gasteiger partial charge in [0, 0.05) is 11.1 Å². The van der Waals surface area contributed by atoms with Crippen LogP contribution in [0.15, 0.2) is 110 Å². The Kier molecular flexibility index (Phi) is 5.95. The van der Waals surface area contributed by atoms with Gasteiger partial charge < -0.3 is 0 Å². The summed E-state index contributed by atoms with van der Waals surface area (Å²) in [7, 11) is 0. The molecule has 0 amide bonds. The molecule has 2 nitrogen and oxygen atoms in total. The number of aromatic nitrogens is 2. The maximum Gasteiger partial charge on any atom is 0.160 e. The molecule has 0 aliphatic carbocycles. The Hall–Kier alpha value is -3.78. The van der Waals surface area contributed by atoms with Crippen molar-refractivity contribution in [1.29, 1.82) is 0 Å². The van der Waals surface area contributed by atoms with E-state index in [1.54, 1.807) is 0 Å². The highest BCUT2D eigenvalue weighted by molar-refractivity contribution is 5.77. The smallest absolute Gasteiger partial charge is 0.160 e. The molecule has 0 N–H and O–H groups in total. The lowest BCUT2D eigenvalue weighted by molar-refractivity contribution is 1.15. The van der Waals surface area contributed by atoms with Gasteiger partial charge in [0.25, 0.3) is 0 Å². The number of rotatable bonds is 6. The van der Waals surface area contributed by atoms with Crippen molar-refractivity contribution in [3.8, 4) is 33.8 Å². The van der Waals surface area contributed by atoms with Crippen molar-refractivity contribution < 1.29 is 0 Å². The van der Waals surface area contributed by atoms with Crippen molar-refractivity contribution >= 4 is 5.57 Å². The lowest BCUT2D eigenvalue weighted by atomic mass is 10.0. The van der Waals surface area contributed by atoms with Crippen LogP contribution in [0.5, 0.6) is 0 Å². The zero-order valence-electron chi connectivity index (χ0n) is 17.1. The quantitative estimate of drug-likeness (QED) is 0.320. The molecular formula is C28H24N2. The topological polar surface area (TPSA) is 25.8 Å². The Labute approximate surface area is 178 Å². The van der Waals surface area contributed by atoms with E-state index in [1.807, 2.05) is 48.5 Å². The van der Waals surface area contributed by atoms with Gasteiger partial charge in [-0.3, -0.25) is 0 Å². The van der Waals surface area contributed by atoms with Gasteiger partial charge in [-0.2, -0.15) is 0 Å². The number of nitrogens with zero attached hydrogens (tertiary/aromatic N) is 2. The minimum atomic E-state index is 0.721. The van der Waals surface area contributed by atoms with Crippen molar-refractivity contribution in [2.75, 3.05) is 0 Å². The van der Waals surface area contributed by atoms with Gasteiger partial charge in [0.15, 0.2) is 5.82 Å². The van der Waals surface area contributed by atoms with Crippen LogP contribution in [0, 0.1) is 0 Å². The highest BCUT2D eigenvalue weighted by Gasteiger charge is 2.11. The molecule has 2 heteroatoms. The van der Waals surface area contributed by atoms with Gasteiger partial charge in [-0.15, -0.1) is 0 Å². The van der Waals surface area contributed by atoms with Gasteiger partial charge in [-0.1, -0.05) is 111 Å². The van der Waals surface area contributed by atoms with Crippen LogP contribution < -0.4 is 0 Å². The maximum absolute atomic E-state index is 4.88. The molecule has 0 radical (unpaired) electrons. The largest absolute Gasteiger partial charge is 0.228 e. The van der Waals surface area contributed by atoms with Crippen LogP contribution >= 0.6 is 0 Å². The fourth-order valence-corrected chi connectivity index (χ4v) is 3.44. The monoisotopic (exact) mass is 388 g/mol. The molecule has 1 aromatic heterocycles. The fourth-order valence-electron chi connectivity index (χ4n) is 3.44. The van der Waals surface area contributed by atoms with E-state index < -0.39 is 0 Å². The fraction of sp³-hybridized carbons (Fsp3) is 0.0714. The molecule has 0 unspecified atom stereocenters. The molecule has 146 valence electrons. The zero-order chi connectivity index (χ0) is 20.8. The third kappa shape index (κ3) is 4.28. The second kappa shape index (κ2) is 9.15. The van der Waals surface area contributed by atoms with Gasteiger partial charge in [-0.25, -0.2) is 9.97 Å². The molecule has 30 heavy (non-hydrogen) atoms. The summed E-state index contributed by atoms with van der Waals surface area (Å²) in [5, 5.41) is 0. The number of benzene rings is 3. The normalized spacial score (nSPS) is 11.3. The second-order valence-electron chi connectivity index (χ2n) is 7.04. The summed E-state index contributed by atoms with van der Waals surface area (Å²) >= 11 is 0. The molecule has 0 aliphatic heterocycles.